The lowest BCUT2D eigenvalue weighted by Gasteiger charge is -2.30. The van der Waals surface area contributed by atoms with E-state index in [4.69, 9.17) is 16.8 Å². The van der Waals surface area contributed by atoms with Gasteiger partial charge in [0.1, 0.15) is 0 Å². The maximum atomic E-state index is 12.4. The van der Waals surface area contributed by atoms with Crippen molar-refractivity contribution < 1.29 is 13.6 Å². The Labute approximate surface area is 117 Å². The lowest BCUT2D eigenvalue weighted by molar-refractivity contribution is 0.300. The highest BCUT2D eigenvalue weighted by Gasteiger charge is 2.31. The third-order valence-corrected chi connectivity index (χ3v) is 5.32. The fourth-order valence-electron chi connectivity index (χ4n) is 2.13. The summed E-state index contributed by atoms with van der Waals surface area (Å²) < 4.78 is 26.3. The molecule has 0 saturated carbocycles. The molecule has 1 aromatic rings. The van der Waals surface area contributed by atoms with Gasteiger partial charge < -0.3 is 5.21 Å². The lowest BCUT2D eigenvalue weighted by Crippen LogP contribution is -2.43. The van der Waals surface area contributed by atoms with Crippen molar-refractivity contribution in [2.75, 3.05) is 13.1 Å². The zero-order chi connectivity index (χ0) is 14.0. The summed E-state index contributed by atoms with van der Waals surface area (Å²) in [7, 11) is -3.54. The number of benzene rings is 1. The quantitative estimate of drug-likeness (QED) is 0.672. The van der Waals surface area contributed by atoms with Crippen molar-refractivity contribution in [2.24, 2.45) is 11.1 Å². The molecule has 1 fully saturated rings. The van der Waals surface area contributed by atoms with Gasteiger partial charge in [-0.2, -0.15) is 4.31 Å². The molecule has 1 aliphatic heterocycles. The van der Waals surface area contributed by atoms with Crippen LogP contribution in [0.5, 0.6) is 0 Å². The monoisotopic (exact) mass is 302 g/mol. The molecule has 1 N–H and O–H groups in total. The predicted molar refractivity (Wildman–Crippen MR) is 73.2 cm³/mol. The van der Waals surface area contributed by atoms with Gasteiger partial charge in [-0.3, -0.25) is 0 Å². The van der Waals surface area contributed by atoms with Gasteiger partial charge in [0.05, 0.1) is 10.6 Å². The normalized spacial score (nSPS) is 23.7. The van der Waals surface area contributed by atoms with Gasteiger partial charge >= 0.3 is 0 Å². The minimum atomic E-state index is -3.54. The minimum absolute atomic E-state index is 0.0901. The Bertz CT molecular complexity index is 601. The third kappa shape index (κ3) is 2.91. The Morgan fingerprint density at radius 2 is 2.21 bits per heavy atom. The SMILES string of the molecule is CC1CN(S(=O)(=O)c2cccc(Cl)c2)CC/C1=N\O. The van der Waals surface area contributed by atoms with E-state index in [0.29, 0.717) is 30.2 Å². The number of piperidine rings is 1. The summed E-state index contributed by atoms with van der Waals surface area (Å²) in [6.45, 7) is 2.47. The van der Waals surface area contributed by atoms with E-state index < -0.39 is 10.0 Å². The summed E-state index contributed by atoms with van der Waals surface area (Å²) in [5.74, 6) is -0.0901. The van der Waals surface area contributed by atoms with E-state index in [-0.39, 0.29) is 10.8 Å². The van der Waals surface area contributed by atoms with Crippen molar-refractivity contribution in [3.63, 3.8) is 0 Å². The molecule has 7 heteroatoms. The number of sulfonamides is 1. The van der Waals surface area contributed by atoms with Crippen LogP contribution < -0.4 is 0 Å². The maximum Gasteiger partial charge on any atom is 0.243 e. The summed E-state index contributed by atoms with van der Waals surface area (Å²) in [5, 5.41) is 12.4. The number of oxime groups is 1. The second-order valence-electron chi connectivity index (χ2n) is 4.56. The van der Waals surface area contributed by atoms with Crippen molar-refractivity contribution in [3.05, 3.63) is 29.3 Å². The van der Waals surface area contributed by atoms with E-state index in [0.717, 1.165) is 0 Å². The number of rotatable bonds is 2. The first kappa shape index (κ1) is 14.3. The van der Waals surface area contributed by atoms with E-state index in [2.05, 4.69) is 5.16 Å². The molecule has 2 rings (SSSR count). The average molecular weight is 303 g/mol. The Kier molecular flexibility index (Phi) is 4.13. The third-order valence-electron chi connectivity index (χ3n) is 3.23. The topological polar surface area (TPSA) is 70.0 Å². The first-order valence-corrected chi connectivity index (χ1v) is 7.73. The van der Waals surface area contributed by atoms with Gasteiger partial charge in [0, 0.05) is 30.5 Å². The van der Waals surface area contributed by atoms with Crippen LogP contribution in [0.25, 0.3) is 0 Å². The van der Waals surface area contributed by atoms with Gasteiger partial charge in [0.2, 0.25) is 10.0 Å². The molecule has 0 bridgehead atoms. The van der Waals surface area contributed by atoms with Crippen molar-refractivity contribution >= 4 is 27.3 Å². The molecule has 0 aliphatic carbocycles. The first-order valence-electron chi connectivity index (χ1n) is 5.91. The van der Waals surface area contributed by atoms with Crippen molar-refractivity contribution in [1.29, 1.82) is 0 Å². The average Bonchev–Trinajstić information content (AvgIpc) is 2.38. The van der Waals surface area contributed by atoms with Crippen LogP contribution in [0.3, 0.4) is 0 Å². The van der Waals surface area contributed by atoms with Crippen LogP contribution in [0, 0.1) is 5.92 Å². The van der Waals surface area contributed by atoms with Gasteiger partial charge in [-0.15, -0.1) is 0 Å². The van der Waals surface area contributed by atoms with Crippen molar-refractivity contribution in [3.8, 4) is 0 Å². The second-order valence-corrected chi connectivity index (χ2v) is 6.94. The van der Waals surface area contributed by atoms with Gasteiger partial charge in [-0.05, 0) is 18.2 Å². The Morgan fingerprint density at radius 1 is 1.47 bits per heavy atom. The fourth-order valence-corrected chi connectivity index (χ4v) is 3.96. The molecule has 0 amide bonds. The van der Waals surface area contributed by atoms with Gasteiger partial charge in [-0.1, -0.05) is 29.7 Å². The van der Waals surface area contributed by atoms with Crippen LogP contribution in [0.1, 0.15) is 13.3 Å². The van der Waals surface area contributed by atoms with E-state index in [1.54, 1.807) is 12.1 Å². The lowest BCUT2D eigenvalue weighted by atomic mass is 10.00. The largest absolute Gasteiger partial charge is 0.411 e. The van der Waals surface area contributed by atoms with Crippen LogP contribution in [0.15, 0.2) is 34.3 Å². The van der Waals surface area contributed by atoms with E-state index in [9.17, 15) is 8.42 Å². The zero-order valence-corrected chi connectivity index (χ0v) is 12.0. The molecule has 1 saturated heterocycles. The standard InChI is InChI=1S/C12H15ClN2O3S/c1-9-8-15(6-5-12(9)14-16)19(17,18)11-4-2-3-10(13)7-11/h2-4,7,9,16H,5-6,8H2,1H3/b14-12+. The van der Waals surface area contributed by atoms with Crippen LogP contribution in [-0.4, -0.2) is 36.7 Å². The molecule has 104 valence electrons. The molecule has 1 heterocycles. The van der Waals surface area contributed by atoms with Crippen LogP contribution in [0.2, 0.25) is 5.02 Å². The summed E-state index contributed by atoms with van der Waals surface area (Å²) in [5.41, 5.74) is 0.637. The highest BCUT2D eigenvalue weighted by Crippen LogP contribution is 2.24. The molecule has 0 aromatic heterocycles. The highest BCUT2D eigenvalue weighted by atomic mass is 35.5. The molecule has 19 heavy (non-hydrogen) atoms. The molecule has 0 spiro atoms. The van der Waals surface area contributed by atoms with Crippen molar-refractivity contribution in [2.45, 2.75) is 18.2 Å². The number of hydrogen-bond acceptors (Lipinski definition) is 4. The van der Waals surface area contributed by atoms with E-state index in [1.807, 2.05) is 6.92 Å². The summed E-state index contributed by atoms with van der Waals surface area (Å²) in [6.07, 6.45) is 0.442. The zero-order valence-electron chi connectivity index (χ0n) is 10.5. The molecule has 1 atom stereocenters. The van der Waals surface area contributed by atoms with Gasteiger partial charge in [0.25, 0.3) is 0 Å². The minimum Gasteiger partial charge on any atom is -0.411 e. The Balaban J connectivity index is 2.27. The molecular weight excluding hydrogens is 288 g/mol. The number of halogens is 1. The van der Waals surface area contributed by atoms with Gasteiger partial charge in [-0.25, -0.2) is 8.42 Å². The van der Waals surface area contributed by atoms with E-state index in [1.165, 1.54) is 16.4 Å². The smallest absolute Gasteiger partial charge is 0.243 e. The second kappa shape index (κ2) is 5.48. The maximum absolute atomic E-state index is 12.4. The summed E-state index contributed by atoms with van der Waals surface area (Å²) in [6, 6.07) is 6.22. The van der Waals surface area contributed by atoms with Crippen LogP contribution in [0.4, 0.5) is 0 Å². The Morgan fingerprint density at radius 3 is 2.79 bits per heavy atom. The number of hydrogen-bond donors (Lipinski definition) is 1. The highest BCUT2D eigenvalue weighted by molar-refractivity contribution is 7.89. The molecule has 1 aliphatic rings. The summed E-state index contributed by atoms with van der Waals surface area (Å²) in [4.78, 5) is 0.191. The summed E-state index contributed by atoms with van der Waals surface area (Å²) >= 11 is 5.83. The van der Waals surface area contributed by atoms with E-state index >= 15 is 0 Å². The van der Waals surface area contributed by atoms with Crippen LogP contribution in [-0.2, 0) is 10.0 Å². The molecule has 1 aromatic carbocycles. The number of nitrogens with zero attached hydrogens (tertiary/aromatic N) is 2. The van der Waals surface area contributed by atoms with Gasteiger partial charge in [0.15, 0.2) is 0 Å². The molecule has 1 unspecified atom stereocenters. The first-order chi connectivity index (χ1) is 8.95. The molecular formula is C12H15ClN2O3S. The molecule has 5 nitrogen and oxygen atoms in total. The Hall–Kier alpha value is -1.11. The predicted octanol–water partition coefficient (Wildman–Crippen LogP) is 2.20. The van der Waals surface area contributed by atoms with Crippen LogP contribution >= 0.6 is 11.6 Å². The fraction of sp³-hybridized carbons (Fsp3) is 0.417. The van der Waals surface area contributed by atoms with Crippen molar-refractivity contribution in [1.82, 2.24) is 4.31 Å². The molecule has 0 radical (unpaired) electrons.